The van der Waals surface area contributed by atoms with Crippen LogP contribution in [0.3, 0.4) is 0 Å². The summed E-state index contributed by atoms with van der Waals surface area (Å²) in [7, 11) is 0. The molecule has 126 valence electrons. The van der Waals surface area contributed by atoms with Gasteiger partial charge < -0.3 is 10.0 Å². The highest BCUT2D eigenvalue weighted by atomic mass is 32.1. The van der Waals surface area contributed by atoms with Gasteiger partial charge in [-0.1, -0.05) is 12.1 Å². The first-order valence-corrected chi connectivity index (χ1v) is 8.47. The van der Waals surface area contributed by atoms with Crippen LogP contribution in [0, 0.1) is 11.2 Å². The molecule has 0 spiro atoms. The highest BCUT2D eigenvalue weighted by Gasteiger charge is 2.42. The first-order valence-electron chi connectivity index (χ1n) is 7.59. The lowest BCUT2D eigenvalue weighted by molar-refractivity contribution is -0.147. The lowest BCUT2D eigenvalue weighted by atomic mass is 9.90. The third-order valence-electron chi connectivity index (χ3n) is 4.32. The number of aliphatic carboxylic acids is 1. The van der Waals surface area contributed by atoms with E-state index in [1.807, 2.05) is 0 Å². The number of aromatic nitrogens is 1. The van der Waals surface area contributed by atoms with E-state index < -0.39 is 11.4 Å². The summed E-state index contributed by atoms with van der Waals surface area (Å²) in [5.74, 6) is -1.40. The van der Waals surface area contributed by atoms with Crippen molar-refractivity contribution in [2.75, 3.05) is 13.1 Å². The lowest BCUT2D eigenvalue weighted by Crippen LogP contribution is -2.35. The van der Waals surface area contributed by atoms with Crippen LogP contribution in [0.15, 0.2) is 29.6 Å². The molecule has 1 fully saturated rings. The molecule has 1 aliphatic heterocycles. The van der Waals surface area contributed by atoms with Crippen molar-refractivity contribution in [1.82, 2.24) is 9.88 Å². The van der Waals surface area contributed by atoms with Crippen molar-refractivity contribution in [2.45, 2.75) is 19.8 Å². The maximum atomic E-state index is 12.9. The van der Waals surface area contributed by atoms with Crippen LogP contribution >= 0.6 is 11.3 Å². The number of carbonyl (C=O) groups excluding carboxylic acids is 1. The molecule has 1 amide bonds. The van der Waals surface area contributed by atoms with Gasteiger partial charge >= 0.3 is 5.97 Å². The molecule has 1 N–H and O–H groups in total. The fourth-order valence-electron chi connectivity index (χ4n) is 2.74. The number of thiazole rings is 1. The Morgan fingerprint density at radius 1 is 1.38 bits per heavy atom. The Labute approximate surface area is 142 Å². The zero-order chi connectivity index (χ0) is 17.3. The van der Waals surface area contributed by atoms with Crippen molar-refractivity contribution in [3.63, 3.8) is 0 Å². The Morgan fingerprint density at radius 3 is 2.71 bits per heavy atom. The maximum Gasteiger partial charge on any atom is 0.311 e. The molecule has 0 bridgehead atoms. The van der Waals surface area contributed by atoms with Gasteiger partial charge in [0.05, 0.1) is 10.4 Å². The monoisotopic (exact) mass is 348 g/mol. The van der Waals surface area contributed by atoms with Crippen molar-refractivity contribution >= 4 is 23.2 Å². The molecule has 5 nitrogen and oxygen atoms in total. The Hall–Kier alpha value is -2.28. The molecule has 1 aliphatic rings. The van der Waals surface area contributed by atoms with E-state index >= 15 is 0 Å². The summed E-state index contributed by atoms with van der Waals surface area (Å²) in [5.41, 5.74) is 0.374. The number of rotatable bonds is 4. The van der Waals surface area contributed by atoms with E-state index in [1.54, 1.807) is 29.3 Å². The predicted molar refractivity (Wildman–Crippen MR) is 87.6 cm³/mol. The van der Waals surface area contributed by atoms with Gasteiger partial charge in [0.1, 0.15) is 11.5 Å². The number of nitrogens with zero attached hydrogens (tertiary/aromatic N) is 2. The summed E-state index contributed by atoms with van der Waals surface area (Å²) in [6, 6.07) is 6.17. The molecule has 2 heterocycles. The Bertz CT molecular complexity index is 774. The molecule has 1 aromatic carbocycles. The van der Waals surface area contributed by atoms with Gasteiger partial charge in [-0.15, -0.1) is 11.3 Å². The van der Waals surface area contributed by atoms with Gasteiger partial charge in [0.25, 0.3) is 5.91 Å². The molecule has 0 radical (unpaired) electrons. The number of amides is 1. The largest absolute Gasteiger partial charge is 0.481 e. The van der Waals surface area contributed by atoms with Gasteiger partial charge in [0.2, 0.25) is 0 Å². The van der Waals surface area contributed by atoms with E-state index in [-0.39, 0.29) is 18.3 Å². The summed E-state index contributed by atoms with van der Waals surface area (Å²) in [5, 5.41) is 11.7. The summed E-state index contributed by atoms with van der Waals surface area (Å²) in [6.07, 6.45) is 0.978. The van der Waals surface area contributed by atoms with Gasteiger partial charge in [-0.05, 0) is 31.0 Å². The highest BCUT2D eigenvalue weighted by Crippen LogP contribution is 2.31. The quantitative estimate of drug-likeness (QED) is 0.922. The highest BCUT2D eigenvalue weighted by molar-refractivity contribution is 7.09. The van der Waals surface area contributed by atoms with Gasteiger partial charge in [0, 0.05) is 24.9 Å². The van der Waals surface area contributed by atoms with Crippen LogP contribution < -0.4 is 0 Å². The molecule has 2 aromatic rings. The fraction of sp³-hybridized carbons (Fsp3) is 0.353. The molecule has 1 aromatic heterocycles. The Morgan fingerprint density at radius 2 is 2.08 bits per heavy atom. The van der Waals surface area contributed by atoms with Gasteiger partial charge in [-0.2, -0.15) is 0 Å². The minimum atomic E-state index is -0.886. The summed E-state index contributed by atoms with van der Waals surface area (Å²) in [4.78, 5) is 29.7. The average molecular weight is 348 g/mol. The predicted octanol–water partition coefficient (Wildman–Crippen LogP) is 2.81. The molecule has 0 saturated carbocycles. The fourth-order valence-corrected chi connectivity index (χ4v) is 3.54. The second-order valence-electron chi connectivity index (χ2n) is 6.27. The number of halogens is 1. The maximum absolute atomic E-state index is 12.9. The molecule has 0 aliphatic carbocycles. The van der Waals surface area contributed by atoms with E-state index in [9.17, 15) is 19.1 Å². The second-order valence-corrected chi connectivity index (χ2v) is 7.21. The van der Waals surface area contributed by atoms with Crippen LogP contribution in [0.5, 0.6) is 0 Å². The SMILES string of the molecule is CC1(C(=O)O)CCN(C(=O)c2csc(Cc3ccc(F)cc3)n2)C1. The number of hydrogen-bond donors (Lipinski definition) is 1. The average Bonchev–Trinajstić information content (AvgIpc) is 3.17. The van der Waals surface area contributed by atoms with Crippen LogP contribution in [-0.4, -0.2) is 40.0 Å². The normalized spacial score (nSPS) is 20.3. The Kier molecular flexibility index (Phi) is 4.36. The van der Waals surface area contributed by atoms with Crippen LogP contribution in [0.2, 0.25) is 0 Å². The van der Waals surface area contributed by atoms with Crippen LogP contribution in [0.1, 0.15) is 34.4 Å². The van der Waals surface area contributed by atoms with Crippen LogP contribution in [0.4, 0.5) is 4.39 Å². The molecule has 1 saturated heterocycles. The standard InChI is InChI=1S/C17H17FN2O3S/c1-17(16(22)23)6-7-20(10-17)15(21)13-9-24-14(19-13)8-11-2-4-12(18)5-3-11/h2-5,9H,6-8,10H2,1H3,(H,22,23). The number of hydrogen-bond acceptors (Lipinski definition) is 4. The number of carboxylic acid groups (broad SMARTS) is 1. The van der Waals surface area contributed by atoms with Crippen LogP contribution in [-0.2, 0) is 11.2 Å². The van der Waals surface area contributed by atoms with Crippen molar-refractivity contribution in [2.24, 2.45) is 5.41 Å². The molecular formula is C17H17FN2O3S. The third-order valence-corrected chi connectivity index (χ3v) is 5.17. The van der Waals surface area contributed by atoms with Gasteiger partial charge in [0.15, 0.2) is 0 Å². The van der Waals surface area contributed by atoms with E-state index in [0.29, 0.717) is 25.1 Å². The van der Waals surface area contributed by atoms with Crippen molar-refractivity contribution in [3.05, 3.63) is 51.7 Å². The summed E-state index contributed by atoms with van der Waals surface area (Å²) in [6.45, 7) is 2.28. The lowest BCUT2D eigenvalue weighted by Gasteiger charge is -2.19. The van der Waals surface area contributed by atoms with E-state index in [1.165, 1.54) is 23.5 Å². The number of carboxylic acids is 1. The number of carbonyl (C=O) groups is 2. The number of benzene rings is 1. The molecule has 3 rings (SSSR count). The van der Waals surface area contributed by atoms with E-state index in [2.05, 4.69) is 4.98 Å². The number of likely N-dealkylation sites (tertiary alicyclic amines) is 1. The molecule has 1 unspecified atom stereocenters. The minimum absolute atomic E-state index is 0.200. The topological polar surface area (TPSA) is 70.5 Å². The first-order chi connectivity index (χ1) is 11.4. The van der Waals surface area contributed by atoms with Crippen molar-refractivity contribution < 1.29 is 19.1 Å². The molecule has 7 heteroatoms. The zero-order valence-electron chi connectivity index (χ0n) is 13.2. The zero-order valence-corrected chi connectivity index (χ0v) is 14.0. The van der Waals surface area contributed by atoms with Crippen LogP contribution in [0.25, 0.3) is 0 Å². The molecule has 1 atom stereocenters. The summed E-state index contributed by atoms with van der Waals surface area (Å²) >= 11 is 1.37. The summed E-state index contributed by atoms with van der Waals surface area (Å²) < 4.78 is 12.9. The third kappa shape index (κ3) is 3.31. The smallest absolute Gasteiger partial charge is 0.311 e. The minimum Gasteiger partial charge on any atom is -0.481 e. The molecule has 24 heavy (non-hydrogen) atoms. The van der Waals surface area contributed by atoms with Crippen molar-refractivity contribution in [3.8, 4) is 0 Å². The van der Waals surface area contributed by atoms with Gasteiger partial charge in [-0.3, -0.25) is 9.59 Å². The molecular weight excluding hydrogens is 331 g/mol. The van der Waals surface area contributed by atoms with E-state index in [4.69, 9.17) is 0 Å². The second kappa shape index (κ2) is 6.32. The first kappa shape index (κ1) is 16.6. The Balaban J connectivity index is 1.68. The van der Waals surface area contributed by atoms with E-state index in [0.717, 1.165) is 10.6 Å². The van der Waals surface area contributed by atoms with Crippen molar-refractivity contribution in [1.29, 1.82) is 0 Å². The van der Waals surface area contributed by atoms with Gasteiger partial charge in [-0.25, -0.2) is 9.37 Å².